The summed E-state index contributed by atoms with van der Waals surface area (Å²) in [5.41, 5.74) is 3.50. The Morgan fingerprint density at radius 2 is 2.05 bits per heavy atom. The summed E-state index contributed by atoms with van der Waals surface area (Å²) in [6.07, 6.45) is 1.43. The molecule has 0 bridgehead atoms. The minimum atomic E-state index is -0.0210. The molecule has 0 radical (unpaired) electrons. The molecule has 4 heteroatoms. The van der Waals surface area contributed by atoms with E-state index in [0.717, 1.165) is 29.1 Å². The average Bonchev–Trinajstić information content (AvgIpc) is 2.64. The molecular formula is C16H17ClN2O. The van der Waals surface area contributed by atoms with Gasteiger partial charge in [0.2, 0.25) is 0 Å². The smallest absolute Gasteiger partial charge is 0.167 e. The predicted molar refractivity (Wildman–Crippen MR) is 79.7 cm³/mol. The van der Waals surface area contributed by atoms with E-state index < -0.39 is 0 Å². The fourth-order valence-electron chi connectivity index (χ4n) is 2.96. The van der Waals surface area contributed by atoms with Gasteiger partial charge >= 0.3 is 0 Å². The highest BCUT2D eigenvalue weighted by atomic mass is 35.5. The molecule has 104 valence electrons. The molecule has 0 aliphatic heterocycles. The predicted octanol–water partition coefficient (Wildman–Crippen LogP) is 3.99. The van der Waals surface area contributed by atoms with Crippen LogP contribution in [0.1, 0.15) is 42.0 Å². The van der Waals surface area contributed by atoms with Gasteiger partial charge in [0.1, 0.15) is 0 Å². The summed E-state index contributed by atoms with van der Waals surface area (Å²) in [7, 11) is 0. The molecule has 1 aromatic heterocycles. The lowest BCUT2D eigenvalue weighted by Crippen LogP contribution is -2.28. The van der Waals surface area contributed by atoms with Crippen LogP contribution >= 0.6 is 11.6 Å². The van der Waals surface area contributed by atoms with Gasteiger partial charge in [0.25, 0.3) is 0 Å². The van der Waals surface area contributed by atoms with E-state index in [2.05, 4.69) is 18.9 Å². The SMILES string of the molecule is Cc1nn(-c2cccc(Cl)c2)c2c1C(=O)CC(C)(C)C2. The van der Waals surface area contributed by atoms with Crippen molar-refractivity contribution in [2.75, 3.05) is 0 Å². The van der Waals surface area contributed by atoms with Crippen LogP contribution in [0.3, 0.4) is 0 Å². The zero-order chi connectivity index (χ0) is 14.5. The van der Waals surface area contributed by atoms with Crippen LogP contribution in [0, 0.1) is 12.3 Å². The van der Waals surface area contributed by atoms with Crippen molar-refractivity contribution >= 4 is 17.4 Å². The number of carbonyl (C=O) groups is 1. The number of fused-ring (bicyclic) bond motifs is 1. The summed E-state index contributed by atoms with van der Waals surface area (Å²) in [5, 5.41) is 5.23. The van der Waals surface area contributed by atoms with Gasteiger partial charge in [-0.25, -0.2) is 4.68 Å². The average molecular weight is 289 g/mol. The van der Waals surface area contributed by atoms with Gasteiger partial charge in [0, 0.05) is 11.4 Å². The first kappa shape index (κ1) is 13.4. The molecule has 1 heterocycles. The lowest BCUT2D eigenvalue weighted by atomic mass is 9.75. The minimum Gasteiger partial charge on any atom is -0.294 e. The zero-order valence-corrected chi connectivity index (χ0v) is 12.7. The van der Waals surface area contributed by atoms with Crippen molar-refractivity contribution in [3.8, 4) is 5.69 Å². The number of hydrogen-bond donors (Lipinski definition) is 0. The number of aryl methyl sites for hydroxylation is 1. The zero-order valence-electron chi connectivity index (χ0n) is 11.9. The molecule has 3 rings (SSSR count). The van der Waals surface area contributed by atoms with Crippen molar-refractivity contribution in [1.82, 2.24) is 9.78 Å². The number of aromatic nitrogens is 2. The molecule has 0 amide bonds. The topological polar surface area (TPSA) is 34.9 Å². The third-order valence-electron chi connectivity index (χ3n) is 3.77. The molecule has 0 saturated heterocycles. The number of rotatable bonds is 1. The molecule has 0 saturated carbocycles. The minimum absolute atomic E-state index is 0.0210. The summed E-state index contributed by atoms with van der Waals surface area (Å²) in [4.78, 5) is 12.4. The maximum atomic E-state index is 12.4. The molecule has 0 N–H and O–H groups in total. The van der Waals surface area contributed by atoms with Crippen LogP contribution in [0.25, 0.3) is 5.69 Å². The quantitative estimate of drug-likeness (QED) is 0.795. The Bertz CT molecular complexity index is 700. The number of Topliss-reactive ketones (excluding diaryl/α,β-unsaturated/α-hetero) is 1. The Balaban J connectivity index is 2.20. The monoisotopic (exact) mass is 288 g/mol. The third-order valence-corrected chi connectivity index (χ3v) is 4.01. The standard InChI is InChI=1S/C16H17ClN2O/c1-10-15-13(8-16(2,3)9-14(15)20)19(18-10)12-6-4-5-11(17)7-12/h4-7H,8-9H2,1-3H3. The van der Waals surface area contributed by atoms with Crippen LogP contribution in [-0.4, -0.2) is 15.6 Å². The van der Waals surface area contributed by atoms with Crippen LogP contribution in [0.5, 0.6) is 0 Å². The maximum absolute atomic E-state index is 12.4. The van der Waals surface area contributed by atoms with Crippen molar-refractivity contribution in [2.24, 2.45) is 5.41 Å². The van der Waals surface area contributed by atoms with Gasteiger partial charge in [0.05, 0.1) is 22.6 Å². The van der Waals surface area contributed by atoms with Gasteiger partial charge in [-0.1, -0.05) is 31.5 Å². The van der Waals surface area contributed by atoms with Crippen molar-refractivity contribution in [3.05, 3.63) is 46.2 Å². The van der Waals surface area contributed by atoms with Crippen LogP contribution in [0.4, 0.5) is 0 Å². The van der Waals surface area contributed by atoms with E-state index in [-0.39, 0.29) is 11.2 Å². The summed E-state index contributed by atoms with van der Waals surface area (Å²) in [6, 6.07) is 7.57. The van der Waals surface area contributed by atoms with E-state index in [1.807, 2.05) is 35.9 Å². The van der Waals surface area contributed by atoms with Crippen LogP contribution in [0.2, 0.25) is 5.02 Å². The second-order valence-electron chi connectivity index (χ2n) is 6.24. The lowest BCUT2D eigenvalue weighted by molar-refractivity contribution is 0.0910. The van der Waals surface area contributed by atoms with Crippen LogP contribution in [-0.2, 0) is 6.42 Å². The normalized spacial score (nSPS) is 17.1. The first-order valence-electron chi connectivity index (χ1n) is 6.75. The summed E-state index contributed by atoms with van der Waals surface area (Å²) in [5.74, 6) is 0.196. The fourth-order valence-corrected chi connectivity index (χ4v) is 3.15. The second-order valence-corrected chi connectivity index (χ2v) is 6.68. The van der Waals surface area contributed by atoms with Crippen LogP contribution in [0.15, 0.2) is 24.3 Å². The highest BCUT2D eigenvalue weighted by molar-refractivity contribution is 6.30. The van der Waals surface area contributed by atoms with Gasteiger partial charge in [-0.15, -0.1) is 0 Å². The molecule has 2 aromatic rings. The molecule has 0 fully saturated rings. The van der Waals surface area contributed by atoms with Gasteiger partial charge in [-0.3, -0.25) is 4.79 Å². The van der Waals surface area contributed by atoms with Crippen molar-refractivity contribution in [2.45, 2.75) is 33.6 Å². The molecule has 0 spiro atoms. The van der Waals surface area contributed by atoms with Crippen molar-refractivity contribution in [3.63, 3.8) is 0 Å². The summed E-state index contributed by atoms with van der Waals surface area (Å²) in [6.45, 7) is 6.15. The molecule has 1 aromatic carbocycles. The largest absolute Gasteiger partial charge is 0.294 e. The molecule has 1 aliphatic rings. The Kier molecular flexibility index (Phi) is 2.98. The molecule has 3 nitrogen and oxygen atoms in total. The van der Waals surface area contributed by atoms with Gasteiger partial charge < -0.3 is 0 Å². The van der Waals surface area contributed by atoms with E-state index in [0.29, 0.717) is 11.4 Å². The highest BCUT2D eigenvalue weighted by Gasteiger charge is 2.35. The van der Waals surface area contributed by atoms with Gasteiger partial charge in [-0.2, -0.15) is 5.10 Å². The first-order valence-corrected chi connectivity index (χ1v) is 7.13. The number of nitrogens with zero attached hydrogens (tertiary/aromatic N) is 2. The number of halogens is 1. The third kappa shape index (κ3) is 2.16. The van der Waals surface area contributed by atoms with Crippen LogP contribution < -0.4 is 0 Å². The van der Waals surface area contributed by atoms with Gasteiger partial charge in [0.15, 0.2) is 5.78 Å². The number of benzene rings is 1. The molecule has 20 heavy (non-hydrogen) atoms. The van der Waals surface area contributed by atoms with E-state index >= 15 is 0 Å². The Hall–Kier alpha value is -1.61. The number of carbonyl (C=O) groups excluding carboxylic acids is 1. The number of ketones is 1. The Labute approximate surface area is 123 Å². The highest BCUT2D eigenvalue weighted by Crippen LogP contribution is 2.37. The Morgan fingerprint density at radius 1 is 1.30 bits per heavy atom. The molecule has 0 unspecified atom stereocenters. The maximum Gasteiger partial charge on any atom is 0.167 e. The molecular weight excluding hydrogens is 272 g/mol. The molecule has 1 aliphatic carbocycles. The van der Waals surface area contributed by atoms with E-state index in [1.165, 1.54) is 0 Å². The molecule has 0 atom stereocenters. The fraction of sp³-hybridized carbons (Fsp3) is 0.375. The van der Waals surface area contributed by atoms with Crippen molar-refractivity contribution < 1.29 is 4.79 Å². The second kappa shape index (κ2) is 4.45. The summed E-state index contributed by atoms with van der Waals surface area (Å²) < 4.78 is 1.87. The number of hydrogen-bond acceptors (Lipinski definition) is 2. The summed E-state index contributed by atoms with van der Waals surface area (Å²) >= 11 is 6.06. The first-order chi connectivity index (χ1) is 9.37. The Morgan fingerprint density at radius 3 is 2.75 bits per heavy atom. The van der Waals surface area contributed by atoms with E-state index in [1.54, 1.807) is 0 Å². The van der Waals surface area contributed by atoms with E-state index in [4.69, 9.17) is 11.6 Å². The van der Waals surface area contributed by atoms with E-state index in [9.17, 15) is 4.79 Å². The van der Waals surface area contributed by atoms with Crippen molar-refractivity contribution in [1.29, 1.82) is 0 Å². The van der Waals surface area contributed by atoms with Gasteiger partial charge in [-0.05, 0) is 37.0 Å². The lowest BCUT2D eigenvalue weighted by Gasteiger charge is -2.29.